The molecule has 3 aromatic rings. The van der Waals surface area contributed by atoms with E-state index in [2.05, 4.69) is 4.98 Å². The zero-order chi connectivity index (χ0) is 15.6. The molecule has 0 spiro atoms. The van der Waals surface area contributed by atoms with Gasteiger partial charge in [-0.25, -0.2) is 4.98 Å². The molecule has 1 aliphatic heterocycles. The average molecular weight is 312 g/mol. The van der Waals surface area contributed by atoms with Crippen LogP contribution in [0.15, 0.2) is 42.5 Å². The van der Waals surface area contributed by atoms with Crippen molar-refractivity contribution in [3.05, 3.63) is 48.3 Å². The third kappa shape index (κ3) is 2.57. The molecule has 6 heteroatoms. The molecule has 0 fully saturated rings. The van der Waals surface area contributed by atoms with Crippen LogP contribution in [0.1, 0.15) is 5.82 Å². The van der Waals surface area contributed by atoms with Gasteiger partial charge in [0.05, 0.1) is 17.6 Å². The summed E-state index contributed by atoms with van der Waals surface area (Å²) in [5, 5.41) is 9.36. The van der Waals surface area contributed by atoms with Crippen LogP contribution in [0.5, 0.6) is 17.2 Å². The van der Waals surface area contributed by atoms with E-state index in [0.29, 0.717) is 24.7 Å². The minimum Gasteiger partial charge on any atom is -0.486 e. The summed E-state index contributed by atoms with van der Waals surface area (Å²) in [4.78, 5) is 4.62. The van der Waals surface area contributed by atoms with Crippen molar-refractivity contribution in [2.24, 2.45) is 0 Å². The molecule has 6 nitrogen and oxygen atoms in total. The van der Waals surface area contributed by atoms with Crippen molar-refractivity contribution in [2.45, 2.75) is 13.2 Å². The summed E-state index contributed by atoms with van der Waals surface area (Å²) in [7, 11) is 0. The van der Waals surface area contributed by atoms with Gasteiger partial charge in [-0.3, -0.25) is 0 Å². The van der Waals surface area contributed by atoms with Gasteiger partial charge < -0.3 is 23.9 Å². The molecule has 0 unspecified atom stereocenters. The van der Waals surface area contributed by atoms with Gasteiger partial charge in [-0.15, -0.1) is 0 Å². The second-order valence-corrected chi connectivity index (χ2v) is 5.20. The number of imidazole rings is 1. The van der Waals surface area contributed by atoms with Crippen LogP contribution >= 0.6 is 0 Å². The molecule has 0 saturated heterocycles. The lowest BCUT2D eigenvalue weighted by Crippen LogP contribution is -2.09. The number of fused-ring (bicyclic) bond motifs is 2. The first-order valence-corrected chi connectivity index (χ1v) is 7.42. The molecule has 23 heavy (non-hydrogen) atoms. The van der Waals surface area contributed by atoms with Crippen LogP contribution in [0.25, 0.3) is 11.0 Å². The highest BCUT2D eigenvalue weighted by Crippen LogP contribution is 2.36. The number of aromatic nitrogens is 2. The monoisotopic (exact) mass is 312 g/mol. The third-order valence-corrected chi connectivity index (χ3v) is 3.76. The molecule has 0 amide bonds. The predicted octanol–water partition coefficient (Wildman–Crippen LogP) is 2.34. The number of aliphatic hydroxyl groups excluding tert-OH is 1. The van der Waals surface area contributed by atoms with E-state index in [1.54, 1.807) is 0 Å². The molecule has 118 valence electrons. The summed E-state index contributed by atoms with van der Waals surface area (Å²) in [6, 6.07) is 13.3. The van der Waals surface area contributed by atoms with Crippen LogP contribution < -0.4 is 14.2 Å². The molecule has 0 radical (unpaired) electrons. The molecular weight excluding hydrogens is 296 g/mol. The Hall–Kier alpha value is -2.73. The van der Waals surface area contributed by atoms with E-state index in [0.717, 1.165) is 22.6 Å². The van der Waals surface area contributed by atoms with E-state index in [9.17, 15) is 5.11 Å². The summed E-state index contributed by atoms with van der Waals surface area (Å²) >= 11 is 0. The highest BCUT2D eigenvalue weighted by Gasteiger charge is 2.19. The zero-order valence-corrected chi connectivity index (χ0v) is 12.4. The quantitative estimate of drug-likeness (QED) is 0.783. The highest BCUT2D eigenvalue weighted by molar-refractivity contribution is 5.81. The SMILES string of the molecule is OCCn1c(COc2ccccc2)nc2cc3c(cc21)OCO3. The minimum atomic E-state index is 0.0260. The van der Waals surface area contributed by atoms with E-state index < -0.39 is 0 Å². The van der Waals surface area contributed by atoms with Crippen LogP contribution in [0, 0.1) is 0 Å². The number of nitrogens with zero attached hydrogens (tertiary/aromatic N) is 2. The number of hydrogen-bond acceptors (Lipinski definition) is 5. The molecule has 0 saturated carbocycles. The standard InChI is InChI=1S/C17H16N2O4/c20-7-6-19-14-9-16-15(22-11-23-16)8-13(14)18-17(19)10-21-12-4-2-1-3-5-12/h1-5,8-9,20H,6-7,10-11H2. The van der Waals surface area contributed by atoms with E-state index in [-0.39, 0.29) is 13.4 Å². The molecule has 0 aliphatic carbocycles. The molecule has 4 rings (SSSR count). The fourth-order valence-corrected chi connectivity index (χ4v) is 2.69. The normalized spacial score (nSPS) is 12.7. The maximum absolute atomic E-state index is 9.36. The molecule has 2 aromatic carbocycles. The first-order valence-electron chi connectivity index (χ1n) is 7.42. The van der Waals surface area contributed by atoms with Crippen molar-refractivity contribution in [1.29, 1.82) is 0 Å². The summed E-state index contributed by atoms with van der Waals surface area (Å²) < 4.78 is 18.5. The van der Waals surface area contributed by atoms with Crippen LogP contribution in [0.2, 0.25) is 0 Å². The van der Waals surface area contributed by atoms with Crippen molar-refractivity contribution in [3.63, 3.8) is 0 Å². The van der Waals surface area contributed by atoms with Crippen LogP contribution in [0.4, 0.5) is 0 Å². The van der Waals surface area contributed by atoms with Gasteiger partial charge in [-0.05, 0) is 12.1 Å². The van der Waals surface area contributed by atoms with Gasteiger partial charge in [0.1, 0.15) is 18.2 Å². The van der Waals surface area contributed by atoms with Crippen molar-refractivity contribution < 1.29 is 19.3 Å². The summed E-state index contributed by atoms with van der Waals surface area (Å²) in [6.07, 6.45) is 0. The van der Waals surface area contributed by atoms with E-state index in [1.165, 1.54) is 0 Å². The first-order chi connectivity index (χ1) is 11.3. The molecule has 0 bridgehead atoms. The van der Waals surface area contributed by atoms with Crippen LogP contribution in [-0.2, 0) is 13.2 Å². The van der Waals surface area contributed by atoms with Gasteiger partial charge in [-0.1, -0.05) is 18.2 Å². The van der Waals surface area contributed by atoms with Crippen molar-refractivity contribution in [3.8, 4) is 17.2 Å². The minimum absolute atomic E-state index is 0.0260. The summed E-state index contributed by atoms with van der Waals surface area (Å²) in [5.74, 6) is 2.93. The van der Waals surface area contributed by atoms with Crippen LogP contribution in [0.3, 0.4) is 0 Å². The third-order valence-electron chi connectivity index (χ3n) is 3.76. The lowest BCUT2D eigenvalue weighted by Gasteiger charge is -2.09. The number of ether oxygens (including phenoxy) is 3. The lowest BCUT2D eigenvalue weighted by molar-refractivity contribution is 0.174. The van der Waals surface area contributed by atoms with E-state index in [1.807, 2.05) is 47.0 Å². The lowest BCUT2D eigenvalue weighted by atomic mass is 10.2. The molecule has 0 atom stereocenters. The molecule has 1 N–H and O–H groups in total. The van der Waals surface area contributed by atoms with E-state index in [4.69, 9.17) is 14.2 Å². The van der Waals surface area contributed by atoms with Crippen molar-refractivity contribution >= 4 is 11.0 Å². The smallest absolute Gasteiger partial charge is 0.231 e. The van der Waals surface area contributed by atoms with Gasteiger partial charge in [0.2, 0.25) is 6.79 Å². The Kier molecular flexibility index (Phi) is 3.51. The number of rotatable bonds is 5. The fourth-order valence-electron chi connectivity index (χ4n) is 2.69. The number of aliphatic hydroxyl groups is 1. The summed E-state index contributed by atoms with van der Waals surface area (Å²) in [5.41, 5.74) is 1.70. The van der Waals surface area contributed by atoms with Gasteiger partial charge in [0.25, 0.3) is 0 Å². The molecule has 1 aromatic heterocycles. The fraction of sp³-hybridized carbons (Fsp3) is 0.235. The Balaban J connectivity index is 1.69. The summed E-state index contributed by atoms with van der Waals surface area (Å²) in [6.45, 7) is 1.03. The molecular formula is C17H16N2O4. The largest absolute Gasteiger partial charge is 0.486 e. The Morgan fingerprint density at radius 3 is 2.70 bits per heavy atom. The Morgan fingerprint density at radius 1 is 1.13 bits per heavy atom. The van der Waals surface area contributed by atoms with Crippen molar-refractivity contribution in [2.75, 3.05) is 13.4 Å². The maximum atomic E-state index is 9.36. The maximum Gasteiger partial charge on any atom is 0.231 e. The zero-order valence-electron chi connectivity index (χ0n) is 12.4. The first kappa shape index (κ1) is 13.9. The van der Waals surface area contributed by atoms with Gasteiger partial charge in [0, 0.05) is 18.7 Å². The van der Waals surface area contributed by atoms with Gasteiger partial charge >= 0.3 is 0 Å². The Labute approximate surface area is 132 Å². The van der Waals surface area contributed by atoms with Gasteiger partial charge in [0.15, 0.2) is 11.5 Å². The second-order valence-electron chi connectivity index (χ2n) is 5.20. The number of para-hydroxylation sites is 1. The average Bonchev–Trinajstić information content (AvgIpc) is 3.16. The molecule has 2 heterocycles. The Morgan fingerprint density at radius 2 is 1.91 bits per heavy atom. The number of benzene rings is 2. The van der Waals surface area contributed by atoms with Crippen LogP contribution in [-0.4, -0.2) is 28.1 Å². The van der Waals surface area contributed by atoms with E-state index >= 15 is 0 Å². The molecule has 1 aliphatic rings. The Bertz CT molecular complexity index is 829. The van der Waals surface area contributed by atoms with Gasteiger partial charge in [-0.2, -0.15) is 0 Å². The number of hydrogen-bond donors (Lipinski definition) is 1. The second kappa shape index (κ2) is 5.81. The van der Waals surface area contributed by atoms with Crippen molar-refractivity contribution in [1.82, 2.24) is 9.55 Å². The topological polar surface area (TPSA) is 65.7 Å². The predicted molar refractivity (Wildman–Crippen MR) is 83.7 cm³/mol. The highest BCUT2D eigenvalue weighted by atomic mass is 16.7.